The molecule has 0 aliphatic rings. The molecule has 0 heteroatoms. The molecule has 0 aliphatic heterocycles. The maximum absolute atomic E-state index is 3.89. The lowest BCUT2D eigenvalue weighted by Gasteiger charge is -2.24. The molecule has 0 aromatic carbocycles. The van der Waals surface area contributed by atoms with Gasteiger partial charge in [0.15, 0.2) is 5.41 Å². The smallest absolute Gasteiger partial charge is 0.103 e. The average Bonchev–Trinajstić information content (AvgIpc) is 3.37. The van der Waals surface area contributed by atoms with Crippen molar-refractivity contribution in [2.45, 2.75) is 375 Å². The van der Waals surface area contributed by atoms with Gasteiger partial charge in [-0.25, -0.2) is 0 Å². The van der Waals surface area contributed by atoms with Crippen molar-refractivity contribution in [3.05, 3.63) is 0 Å². The van der Waals surface area contributed by atoms with E-state index in [1.807, 2.05) is 0 Å². The van der Waals surface area contributed by atoms with Gasteiger partial charge in [0.1, 0.15) is 0 Å². The number of hydrogen-bond acceptors (Lipinski definition) is 0. The van der Waals surface area contributed by atoms with Crippen molar-refractivity contribution in [2.75, 3.05) is 0 Å². The van der Waals surface area contributed by atoms with Crippen LogP contribution in [0.1, 0.15) is 375 Å². The van der Waals surface area contributed by atoms with Gasteiger partial charge >= 0.3 is 0 Å². The lowest BCUT2D eigenvalue weighted by molar-refractivity contribution is 0.441. The van der Waals surface area contributed by atoms with Crippen molar-refractivity contribution in [2.24, 2.45) is 11.3 Å². The van der Waals surface area contributed by atoms with Gasteiger partial charge in [-0.1, -0.05) is 347 Å². The summed E-state index contributed by atoms with van der Waals surface area (Å²) in [6.45, 7) is 11.6. The van der Waals surface area contributed by atoms with E-state index in [1.54, 1.807) is 0 Å². The van der Waals surface area contributed by atoms with E-state index in [-0.39, 0.29) is 5.92 Å². The van der Waals surface area contributed by atoms with Crippen molar-refractivity contribution in [1.82, 2.24) is 0 Å². The maximum atomic E-state index is 3.89. The Kier molecular flexibility index (Phi) is 57.5. The molecule has 0 aromatic heterocycles. The highest BCUT2D eigenvalue weighted by Gasteiger charge is 2.33. The van der Waals surface area contributed by atoms with Gasteiger partial charge < -0.3 is 0 Å². The summed E-state index contributed by atoms with van der Waals surface area (Å²) in [6, 6.07) is 0. The summed E-state index contributed by atoms with van der Waals surface area (Å²) in [5, 5.41) is 0. The third-order valence-electron chi connectivity index (χ3n) is 14.7. The van der Waals surface area contributed by atoms with Crippen LogP contribution in [0.2, 0.25) is 0 Å². The van der Waals surface area contributed by atoms with Crippen LogP contribution in [-0.2, 0) is 0 Å². The van der Waals surface area contributed by atoms with Gasteiger partial charge in [-0.15, -0.1) is 17.8 Å². The van der Waals surface area contributed by atoms with Gasteiger partial charge in [-0.3, -0.25) is 0 Å². The molecule has 0 amide bonds. The maximum Gasteiger partial charge on any atom is 0.166 e. The second-order valence-corrected chi connectivity index (χ2v) is 21.8. The number of hydrogen-bond donors (Lipinski definition) is 0. The second-order valence-electron chi connectivity index (χ2n) is 21.8. The number of rotatable bonds is 50. The van der Waals surface area contributed by atoms with Crippen LogP contribution in [-0.4, -0.2) is 0 Å². The highest BCUT2D eigenvalue weighted by Crippen LogP contribution is 2.32. The van der Waals surface area contributed by atoms with Crippen LogP contribution in [0.25, 0.3) is 0 Å². The normalized spacial score (nSPS) is 12.0. The molecule has 2 unspecified atom stereocenters. The van der Waals surface area contributed by atoms with E-state index in [0.29, 0.717) is 0 Å². The predicted molar refractivity (Wildman–Crippen MR) is 318 cm³/mol. The van der Waals surface area contributed by atoms with Crippen LogP contribution in [0.15, 0.2) is 0 Å². The fourth-order valence-corrected chi connectivity index (χ4v) is 9.87. The summed E-state index contributed by atoms with van der Waals surface area (Å²) in [7, 11) is 0. The van der Waals surface area contributed by atoms with E-state index in [1.165, 1.54) is 308 Å². The van der Waals surface area contributed by atoms with Crippen molar-refractivity contribution in [1.29, 1.82) is 0 Å². The van der Waals surface area contributed by atoms with E-state index < -0.39 is 5.41 Å². The zero-order chi connectivity index (χ0) is 50.6. The zero-order valence-electron chi connectivity index (χ0n) is 48.6. The van der Waals surface area contributed by atoms with E-state index in [4.69, 9.17) is 0 Å². The highest BCUT2D eigenvalue weighted by atomic mass is 14.3. The van der Waals surface area contributed by atoms with Crippen LogP contribution >= 0.6 is 0 Å². The molecule has 70 heavy (non-hydrogen) atoms. The van der Waals surface area contributed by atoms with Gasteiger partial charge in [-0.2, -0.15) is 0 Å². The van der Waals surface area contributed by atoms with Crippen molar-refractivity contribution < 1.29 is 0 Å². The molecule has 402 valence electrons. The summed E-state index contributed by atoms with van der Waals surface area (Å²) in [4.78, 5) is 0. The number of unbranched alkanes of at least 4 members (excludes halogenated alkanes) is 47. The van der Waals surface area contributed by atoms with Gasteiger partial charge in [0.2, 0.25) is 0 Å². The van der Waals surface area contributed by atoms with Crippen LogP contribution in [0.3, 0.4) is 0 Å². The summed E-state index contributed by atoms with van der Waals surface area (Å²) in [6.07, 6.45) is 69.5. The Morgan fingerprint density at radius 1 is 0.229 bits per heavy atom. The van der Waals surface area contributed by atoms with Crippen LogP contribution < -0.4 is 0 Å². The molecular formula is C70H122. The summed E-state index contributed by atoms with van der Waals surface area (Å²) >= 11 is 0. The van der Waals surface area contributed by atoms with E-state index in [2.05, 4.69) is 93.8 Å². The molecule has 0 saturated carbocycles. The average molecular weight is 964 g/mol. The molecule has 0 nitrogen and oxygen atoms in total. The first kappa shape index (κ1) is 67.8. The highest BCUT2D eigenvalue weighted by molar-refractivity contribution is 5.46. The monoisotopic (exact) mass is 963 g/mol. The summed E-state index contributed by atoms with van der Waals surface area (Å²) < 4.78 is 0. The molecule has 0 aliphatic carbocycles. The summed E-state index contributed by atoms with van der Waals surface area (Å²) in [5.74, 6) is 36.8. The lowest BCUT2D eigenvalue weighted by Crippen LogP contribution is -2.26. The minimum atomic E-state index is -0.742. The first-order chi connectivity index (χ1) is 34.7. The molecule has 2 atom stereocenters. The molecular weight excluding hydrogens is 841 g/mol. The molecule has 0 heterocycles. The lowest BCUT2D eigenvalue weighted by atomic mass is 9.74. The standard InChI is InChI=1S/C70H122/c1-6-11-16-21-26-31-36-38-39-40-43-48-53-58-63-68-70(66-61-56-51-46-41-33-28-23-18-13-8-3,67-62-57-52-47-42-37-32-27-22-17-12-7-2)69(64-59-54-49-44-34-29-24-19-14-9-4)65-60-55-50-45-35-30-25-20-15-10-5/h69H,6-52,54-57,59,64H2,1-5H3. The topological polar surface area (TPSA) is 0 Å². The van der Waals surface area contributed by atoms with E-state index >= 15 is 0 Å². The van der Waals surface area contributed by atoms with E-state index in [0.717, 1.165) is 32.1 Å². The van der Waals surface area contributed by atoms with Gasteiger partial charge in [0.05, 0.1) is 5.92 Å². The fraction of sp³-hybridized carbons (Fsp3) is 0.857. The van der Waals surface area contributed by atoms with Gasteiger partial charge in [-0.05, 0) is 43.9 Å². The van der Waals surface area contributed by atoms with Crippen LogP contribution in [0.4, 0.5) is 0 Å². The Bertz CT molecular complexity index is 1370. The molecule has 0 N–H and O–H groups in total. The van der Waals surface area contributed by atoms with Crippen LogP contribution in [0, 0.1) is 70.5 Å². The van der Waals surface area contributed by atoms with Crippen LogP contribution in [0.5, 0.6) is 0 Å². The summed E-state index contributed by atoms with van der Waals surface area (Å²) in [5.41, 5.74) is -0.742. The molecule has 0 saturated heterocycles. The SMILES string of the molecule is CCCCCCCCCCC#CC(CCCCCCCCCCCC)C(C#CC#CCCCCCCCCCCCCC)(C#CCCCCCCCCCCC)C#CCCCCCCCCCCCC. The molecule has 0 fully saturated rings. The van der Waals surface area contributed by atoms with E-state index in [9.17, 15) is 0 Å². The largest absolute Gasteiger partial charge is 0.166 e. The van der Waals surface area contributed by atoms with Crippen molar-refractivity contribution in [3.63, 3.8) is 0 Å². The minimum absolute atomic E-state index is 0.0346. The fourth-order valence-electron chi connectivity index (χ4n) is 9.87. The predicted octanol–water partition coefficient (Wildman–Crippen LogP) is 23.4. The van der Waals surface area contributed by atoms with Gasteiger partial charge in [0.25, 0.3) is 0 Å². The quantitative estimate of drug-likeness (QED) is 0.0421. The third-order valence-corrected chi connectivity index (χ3v) is 14.7. The molecule has 0 aromatic rings. The Balaban J connectivity index is 6.33. The third kappa shape index (κ3) is 49.4. The molecule has 0 bridgehead atoms. The molecule has 0 radical (unpaired) electrons. The first-order valence-electron chi connectivity index (χ1n) is 32.2. The zero-order valence-corrected chi connectivity index (χ0v) is 48.6. The van der Waals surface area contributed by atoms with Crippen molar-refractivity contribution >= 4 is 0 Å². The van der Waals surface area contributed by atoms with Gasteiger partial charge in [0, 0.05) is 25.7 Å². The Morgan fingerprint density at radius 2 is 0.471 bits per heavy atom. The minimum Gasteiger partial charge on any atom is -0.103 e. The second kappa shape index (κ2) is 59.4. The molecule has 0 spiro atoms. The first-order valence-corrected chi connectivity index (χ1v) is 32.2. The van der Waals surface area contributed by atoms with Crippen molar-refractivity contribution in [3.8, 4) is 59.2 Å². The Hall–Kier alpha value is -2.20. The molecule has 0 rings (SSSR count). The Labute approximate surface area is 443 Å². The Morgan fingerprint density at radius 3 is 0.771 bits per heavy atom.